The molecule has 108 valence electrons. The largest absolute Gasteiger partial charge is 0.427 e. The average molecular weight is 302 g/mol. The topological polar surface area (TPSA) is 58.9 Å². The minimum atomic E-state index is -2.35. The summed E-state index contributed by atoms with van der Waals surface area (Å²) in [5, 5.41) is 0. The second-order valence-electron chi connectivity index (χ2n) is 4.52. The van der Waals surface area contributed by atoms with E-state index in [1.807, 2.05) is 12.1 Å². The molecule has 0 aliphatic rings. The first-order valence-electron chi connectivity index (χ1n) is 6.64. The molecular formula is C13H23O4PSi. The van der Waals surface area contributed by atoms with Crippen LogP contribution in [0.15, 0.2) is 24.3 Å². The molecule has 0 amide bonds. The van der Waals surface area contributed by atoms with Crippen LogP contribution in [0.2, 0.25) is 18.1 Å². The zero-order valence-corrected chi connectivity index (χ0v) is 13.7. The molecule has 4 nitrogen and oxygen atoms in total. The fourth-order valence-corrected chi connectivity index (χ4v) is 4.93. The lowest BCUT2D eigenvalue weighted by atomic mass is 10.2. The molecule has 0 unspecified atom stereocenters. The second-order valence-corrected chi connectivity index (χ2v) is 9.98. The van der Waals surface area contributed by atoms with Crippen LogP contribution in [0.3, 0.4) is 0 Å². The third-order valence-corrected chi connectivity index (χ3v) is 8.59. The standard InChI is InChI=1S/C13H23O4PSi/c1-4-19(5-2,6-3)16-11-12-7-9-13(10-8-12)17-18(14)15/h7-10,14-15H,4-6,11H2,1-3H3. The molecule has 1 aromatic rings. The third-order valence-electron chi connectivity index (χ3n) is 3.59. The lowest BCUT2D eigenvalue weighted by Crippen LogP contribution is -2.35. The van der Waals surface area contributed by atoms with Crippen molar-refractivity contribution in [1.29, 1.82) is 0 Å². The van der Waals surface area contributed by atoms with E-state index in [-0.39, 0.29) is 0 Å². The van der Waals surface area contributed by atoms with Crippen molar-refractivity contribution in [3.8, 4) is 5.75 Å². The number of hydrogen-bond acceptors (Lipinski definition) is 4. The first-order chi connectivity index (χ1) is 9.05. The van der Waals surface area contributed by atoms with E-state index in [9.17, 15) is 0 Å². The van der Waals surface area contributed by atoms with Crippen LogP contribution in [0, 0.1) is 0 Å². The summed E-state index contributed by atoms with van der Waals surface area (Å²) in [6.45, 7) is 7.25. The first kappa shape index (κ1) is 16.6. The summed E-state index contributed by atoms with van der Waals surface area (Å²) < 4.78 is 11.0. The van der Waals surface area contributed by atoms with Gasteiger partial charge in [-0.25, -0.2) is 0 Å². The molecule has 0 aromatic heterocycles. The molecule has 0 heterocycles. The lowest BCUT2D eigenvalue weighted by molar-refractivity contribution is 0.287. The Hall–Kier alpha value is -0.453. The Kier molecular flexibility index (Phi) is 6.97. The normalized spacial score (nSPS) is 11.9. The molecule has 0 saturated carbocycles. The van der Waals surface area contributed by atoms with Crippen molar-refractivity contribution in [2.24, 2.45) is 0 Å². The zero-order chi connectivity index (χ0) is 14.3. The molecule has 1 aromatic carbocycles. The smallest absolute Gasteiger partial charge is 0.391 e. The molecular weight excluding hydrogens is 279 g/mol. The molecule has 19 heavy (non-hydrogen) atoms. The van der Waals surface area contributed by atoms with E-state index in [1.165, 1.54) is 0 Å². The van der Waals surface area contributed by atoms with E-state index >= 15 is 0 Å². The summed E-state index contributed by atoms with van der Waals surface area (Å²) in [6, 6.07) is 10.7. The van der Waals surface area contributed by atoms with Crippen molar-refractivity contribution in [2.45, 2.75) is 45.5 Å². The quantitative estimate of drug-likeness (QED) is 0.566. The Morgan fingerprint density at radius 3 is 1.95 bits per heavy atom. The Morgan fingerprint density at radius 2 is 1.53 bits per heavy atom. The van der Waals surface area contributed by atoms with Gasteiger partial charge in [0.05, 0.1) is 6.61 Å². The summed E-state index contributed by atoms with van der Waals surface area (Å²) in [6.07, 6.45) is 0. The maximum Gasteiger partial charge on any atom is 0.391 e. The van der Waals surface area contributed by atoms with Crippen LogP contribution in [-0.4, -0.2) is 18.1 Å². The molecule has 0 saturated heterocycles. The van der Waals surface area contributed by atoms with Crippen molar-refractivity contribution in [3.05, 3.63) is 29.8 Å². The summed E-state index contributed by atoms with van der Waals surface area (Å²) in [7, 11) is -3.89. The van der Waals surface area contributed by atoms with Crippen LogP contribution in [0.1, 0.15) is 26.3 Å². The second kappa shape index (κ2) is 7.97. The van der Waals surface area contributed by atoms with Crippen molar-refractivity contribution >= 4 is 16.9 Å². The van der Waals surface area contributed by atoms with Gasteiger partial charge in [-0.2, -0.15) is 0 Å². The maximum absolute atomic E-state index is 8.76. The highest BCUT2D eigenvalue weighted by Crippen LogP contribution is 2.29. The highest BCUT2D eigenvalue weighted by Gasteiger charge is 2.28. The predicted octanol–water partition coefficient (Wildman–Crippen LogP) is 3.80. The van der Waals surface area contributed by atoms with Gasteiger partial charge < -0.3 is 18.7 Å². The van der Waals surface area contributed by atoms with Crippen LogP contribution in [0.5, 0.6) is 5.75 Å². The maximum atomic E-state index is 8.76. The van der Waals surface area contributed by atoms with Crippen LogP contribution in [-0.2, 0) is 11.0 Å². The van der Waals surface area contributed by atoms with Gasteiger partial charge in [0.2, 0.25) is 0 Å². The van der Waals surface area contributed by atoms with Gasteiger partial charge in [0.1, 0.15) is 5.75 Å². The van der Waals surface area contributed by atoms with Gasteiger partial charge in [-0.05, 0) is 35.8 Å². The Bertz CT molecular complexity index is 357. The highest BCUT2D eigenvalue weighted by atomic mass is 31.2. The van der Waals surface area contributed by atoms with Crippen LogP contribution >= 0.6 is 8.60 Å². The van der Waals surface area contributed by atoms with E-state index in [4.69, 9.17) is 18.7 Å². The van der Waals surface area contributed by atoms with Crippen LogP contribution in [0.4, 0.5) is 0 Å². The van der Waals surface area contributed by atoms with E-state index in [2.05, 4.69) is 20.8 Å². The van der Waals surface area contributed by atoms with Gasteiger partial charge in [0, 0.05) is 0 Å². The number of rotatable bonds is 8. The van der Waals surface area contributed by atoms with Crippen LogP contribution < -0.4 is 4.52 Å². The molecule has 0 bridgehead atoms. The van der Waals surface area contributed by atoms with Crippen molar-refractivity contribution in [3.63, 3.8) is 0 Å². The summed E-state index contributed by atoms with van der Waals surface area (Å²) >= 11 is 0. The number of benzene rings is 1. The molecule has 0 atom stereocenters. The van der Waals surface area contributed by atoms with Gasteiger partial charge in [-0.15, -0.1) is 0 Å². The molecule has 0 aliphatic carbocycles. The Labute approximate surface area is 117 Å². The average Bonchev–Trinajstić information content (AvgIpc) is 2.42. The molecule has 2 N–H and O–H groups in total. The van der Waals surface area contributed by atoms with Crippen molar-refractivity contribution in [2.75, 3.05) is 0 Å². The number of hydrogen-bond donors (Lipinski definition) is 2. The monoisotopic (exact) mass is 302 g/mol. The fourth-order valence-electron chi connectivity index (χ4n) is 2.03. The zero-order valence-electron chi connectivity index (χ0n) is 11.8. The minimum Gasteiger partial charge on any atom is -0.427 e. The SMILES string of the molecule is CC[Si](CC)(CC)OCc1ccc(OP(O)O)cc1. The van der Waals surface area contributed by atoms with Gasteiger partial charge in [0.15, 0.2) is 8.32 Å². The molecule has 1 rings (SSSR count). The van der Waals surface area contributed by atoms with Crippen molar-refractivity contribution < 1.29 is 18.7 Å². The van der Waals surface area contributed by atoms with Gasteiger partial charge in [-0.3, -0.25) is 0 Å². The Balaban J connectivity index is 2.58. The first-order valence-corrected chi connectivity index (χ1v) is 10.3. The predicted molar refractivity (Wildman–Crippen MR) is 80.4 cm³/mol. The van der Waals surface area contributed by atoms with E-state index in [0.717, 1.165) is 23.7 Å². The fraction of sp³-hybridized carbons (Fsp3) is 0.538. The van der Waals surface area contributed by atoms with Crippen LogP contribution in [0.25, 0.3) is 0 Å². The minimum absolute atomic E-state index is 0.463. The summed E-state index contributed by atoms with van der Waals surface area (Å²) in [5.41, 5.74) is 1.08. The van der Waals surface area contributed by atoms with E-state index in [1.54, 1.807) is 12.1 Å². The van der Waals surface area contributed by atoms with Gasteiger partial charge in [0.25, 0.3) is 0 Å². The van der Waals surface area contributed by atoms with Crippen molar-refractivity contribution in [1.82, 2.24) is 0 Å². The van der Waals surface area contributed by atoms with E-state index < -0.39 is 16.9 Å². The highest BCUT2D eigenvalue weighted by molar-refractivity contribution is 7.39. The third kappa shape index (κ3) is 5.20. The lowest BCUT2D eigenvalue weighted by Gasteiger charge is -2.28. The summed E-state index contributed by atoms with van der Waals surface area (Å²) in [4.78, 5) is 17.5. The molecule has 0 fully saturated rings. The molecule has 6 heteroatoms. The summed E-state index contributed by atoms with van der Waals surface area (Å²) in [5.74, 6) is 0.463. The molecule has 0 aliphatic heterocycles. The van der Waals surface area contributed by atoms with Gasteiger partial charge in [-0.1, -0.05) is 32.9 Å². The Morgan fingerprint density at radius 1 is 1.00 bits per heavy atom. The van der Waals surface area contributed by atoms with Gasteiger partial charge >= 0.3 is 8.60 Å². The molecule has 0 spiro atoms. The molecule has 0 radical (unpaired) electrons. The van der Waals surface area contributed by atoms with E-state index in [0.29, 0.717) is 12.4 Å².